The average molecular weight is 264 g/mol. The number of aromatic nitrogens is 2. The van der Waals surface area contributed by atoms with Gasteiger partial charge in [-0.1, -0.05) is 19.3 Å². The van der Waals surface area contributed by atoms with E-state index in [0.717, 1.165) is 11.7 Å². The number of hydrogen-bond donors (Lipinski definition) is 2. The van der Waals surface area contributed by atoms with Crippen LogP contribution in [0.5, 0.6) is 0 Å². The molecule has 0 amide bonds. The van der Waals surface area contributed by atoms with Crippen molar-refractivity contribution in [3.63, 3.8) is 0 Å². The zero-order chi connectivity index (χ0) is 13.7. The van der Waals surface area contributed by atoms with Crippen LogP contribution in [0.15, 0.2) is 6.07 Å². The molecule has 0 spiro atoms. The van der Waals surface area contributed by atoms with Gasteiger partial charge in [-0.2, -0.15) is 0 Å². The molecular formula is C14H24N4O. The lowest BCUT2D eigenvalue weighted by Crippen LogP contribution is -2.28. The van der Waals surface area contributed by atoms with Crippen molar-refractivity contribution in [3.05, 3.63) is 11.9 Å². The largest absolute Gasteiger partial charge is 0.384 e. The number of nitrogen functional groups attached to an aromatic ring is 1. The summed E-state index contributed by atoms with van der Waals surface area (Å²) in [4.78, 5) is 8.58. The number of anilines is 2. The van der Waals surface area contributed by atoms with E-state index in [1.807, 2.05) is 0 Å². The van der Waals surface area contributed by atoms with E-state index < -0.39 is 0 Å². The van der Waals surface area contributed by atoms with E-state index in [1.165, 1.54) is 32.1 Å². The number of hydrogen-bond acceptors (Lipinski definition) is 5. The van der Waals surface area contributed by atoms with Gasteiger partial charge >= 0.3 is 0 Å². The first kappa shape index (κ1) is 14.1. The third-order valence-corrected chi connectivity index (χ3v) is 3.80. The first-order valence-corrected chi connectivity index (χ1v) is 7.08. The molecule has 0 radical (unpaired) electrons. The lowest BCUT2D eigenvalue weighted by Gasteiger charge is -2.28. The summed E-state index contributed by atoms with van der Waals surface area (Å²) < 4.78 is 5.05. The molecule has 1 atom stereocenters. The van der Waals surface area contributed by atoms with Crippen LogP contribution in [0.1, 0.15) is 44.9 Å². The number of rotatable bonds is 5. The maximum absolute atomic E-state index is 5.80. The van der Waals surface area contributed by atoms with Crippen molar-refractivity contribution >= 4 is 11.6 Å². The molecule has 1 saturated carbocycles. The van der Waals surface area contributed by atoms with Crippen LogP contribution < -0.4 is 11.1 Å². The molecule has 0 bridgehead atoms. The number of nitrogens with zero attached hydrogens (tertiary/aromatic N) is 2. The van der Waals surface area contributed by atoms with E-state index in [-0.39, 0.29) is 0 Å². The van der Waals surface area contributed by atoms with Crippen molar-refractivity contribution in [3.8, 4) is 0 Å². The van der Waals surface area contributed by atoms with Crippen LogP contribution in [-0.2, 0) is 11.3 Å². The monoisotopic (exact) mass is 264 g/mol. The number of nitrogens with two attached hydrogens (primary N) is 1. The Hall–Kier alpha value is -1.36. The van der Waals surface area contributed by atoms with Crippen LogP contribution in [0.25, 0.3) is 0 Å². The molecule has 1 heterocycles. The Kier molecular flexibility index (Phi) is 4.96. The molecular weight excluding hydrogens is 240 g/mol. The van der Waals surface area contributed by atoms with Crippen molar-refractivity contribution in [1.82, 2.24) is 9.97 Å². The normalized spacial score (nSPS) is 18.2. The van der Waals surface area contributed by atoms with E-state index in [1.54, 1.807) is 13.2 Å². The predicted octanol–water partition coefficient (Wildman–Crippen LogP) is 2.59. The Morgan fingerprint density at radius 2 is 2.11 bits per heavy atom. The summed E-state index contributed by atoms with van der Waals surface area (Å²) in [6.45, 7) is 2.61. The third kappa shape index (κ3) is 4.06. The molecule has 0 aliphatic heterocycles. The summed E-state index contributed by atoms with van der Waals surface area (Å²) in [6.07, 6.45) is 6.68. The van der Waals surface area contributed by atoms with Gasteiger partial charge in [-0.15, -0.1) is 0 Å². The number of methoxy groups -OCH3 is 1. The van der Waals surface area contributed by atoms with E-state index in [0.29, 0.717) is 24.3 Å². The topological polar surface area (TPSA) is 73.1 Å². The SMILES string of the molecule is COCc1nc(N)cc(NC(C)C2CCCCC2)n1. The van der Waals surface area contributed by atoms with Crippen molar-refractivity contribution in [2.75, 3.05) is 18.2 Å². The molecule has 1 aromatic heterocycles. The molecule has 106 valence electrons. The predicted molar refractivity (Wildman–Crippen MR) is 76.8 cm³/mol. The fourth-order valence-corrected chi connectivity index (χ4v) is 2.77. The minimum absolute atomic E-state index is 0.386. The van der Waals surface area contributed by atoms with Crippen LogP contribution in [0.2, 0.25) is 0 Å². The van der Waals surface area contributed by atoms with Crippen molar-refractivity contribution in [2.45, 2.75) is 51.7 Å². The fraction of sp³-hybridized carbons (Fsp3) is 0.714. The van der Waals surface area contributed by atoms with Crippen molar-refractivity contribution < 1.29 is 4.74 Å². The maximum atomic E-state index is 5.80. The Morgan fingerprint density at radius 3 is 2.79 bits per heavy atom. The zero-order valence-electron chi connectivity index (χ0n) is 11.9. The van der Waals surface area contributed by atoms with Crippen LogP contribution in [0.4, 0.5) is 11.6 Å². The average Bonchev–Trinajstić information content (AvgIpc) is 2.39. The quantitative estimate of drug-likeness (QED) is 0.855. The maximum Gasteiger partial charge on any atom is 0.158 e. The van der Waals surface area contributed by atoms with Gasteiger partial charge in [-0.3, -0.25) is 0 Å². The minimum Gasteiger partial charge on any atom is -0.384 e. The van der Waals surface area contributed by atoms with Gasteiger partial charge < -0.3 is 15.8 Å². The molecule has 1 aliphatic carbocycles. The van der Waals surface area contributed by atoms with Gasteiger partial charge in [0.1, 0.15) is 18.2 Å². The van der Waals surface area contributed by atoms with Crippen LogP contribution in [0.3, 0.4) is 0 Å². The molecule has 1 fully saturated rings. The number of nitrogens with one attached hydrogen (secondary N) is 1. The molecule has 1 aliphatic rings. The Morgan fingerprint density at radius 1 is 1.37 bits per heavy atom. The molecule has 3 N–H and O–H groups in total. The van der Waals surface area contributed by atoms with Crippen molar-refractivity contribution in [1.29, 1.82) is 0 Å². The van der Waals surface area contributed by atoms with Gasteiger partial charge in [-0.25, -0.2) is 9.97 Å². The molecule has 1 unspecified atom stereocenters. The summed E-state index contributed by atoms with van der Waals surface area (Å²) in [5, 5.41) is 3.46. The van der Waals surface area contributed by atoms with Crippen LogP contribution >= 0.6 is 0 Å². The third-order valence-electron chi connectivity index (χ3n) is 3.80. The van der Waals surface area contributed by atoms with E-state index in [2.05, 4.69) is 22.2 Å². The molecule has 1 aromatic rings. The summed E-state index contributed by atoms with van der Waals surface area (Å²) in [7, 11) is 1.63. The highest BCUT2D eigenvalue weighted by Gasteiger charge is 2.20. The Bertz CT molecular complexity index is 404. The van der Waals surface area contributed by atoms with Gasteiger partial charge in [0.15, 0.2) is 5.82 Å². The second-order valence-electron chi connectivity index (χ2n) is 5.36. The summed E-state index contributed by atoms with van der Waals surface area (Å²) in [5.74, 6) is 2.65. The van der Waals surface area contributed by atoms with Gasteiger partial charge in [0, 0.05) is 19.2 Å². The van der Waals surface area contributed by atoms with Gasteiger partial charge in [0.05, 0.1) is 0 Å². The standard InChI is InChI=1S/C14H24N4O/c1-10(11-6-4-3-5-7-11)16-13-8-12(15)17-14(18-13)9-19-2/h8,10-11H,3-7,9H2,1-2H3,(H3,15,16,17,18). The summed E-state index contributed by atoms with van der Waals surface area (Å²) >= 11 is 0. The highest BCUT2D eigenvalue weighted by molar-refractivity contribution is 5.45. The molecule has 5 nitrogen and oxygen atoms in total. The Labute approximate surface area is 115 Å². The van der Waals surface area contributed by atoms with Crippen molar-refractivity contribution in [2.24, 2.45) is 5.92 Å². The van der Waals surface area contributed by atoms with Gasteiger partial charge in [-0.05, 0) is 25.7 Å². The first-order valence-electron chi connectivity index (χ1n) is 7.08. The van der Waals surface area contributed by atoms with Crippen LogP contribution in [0, 0.1) is 5.92 Å². The molecule has 0 aromatic carbocycles. The van der Waals surface area contributed by atoms with Gasteiger partial charge in [0.2, 0.25) is 0 Å². The highest BCUT2D eigenvalue weighted by atomic mass is 16.5. The van der Waals surface area contributed by atoms with E-state index in [9.17, 15) is 0 Å². The van der Waals surface area contributed by atoms with E-state index in [4.69, 9.17) is 10.5 Å². The van der Waals surface area contributed by atoms with Gasteiger partial charge in [0.25, 0.3) is 0 Å². The zero-order valence-corrected chi connectivity index (χ0v) is 11.9. The molecule has 5 heteroatoms. The number of ether oxygens (including phenoxy) is 1. The lowest BCUT2D eigenvalue weighted by atomic mass is 9.84. The highest BCUT2D eigenvalue weighted by Crippen LogP contribution is 2.27. The second kappa shape index (κ2) is 6.70. The smallest absolute Gasteiger partial charge is 0.158 e. The van der Waals surface area contributed by atoms with E-state index >= 15 is 0 Å². The second-order valence-corrected chi connectivity index (χ2v) is 5.36. The first-order chi connectivity index (χ1) is 9.19. The van der Waals surface area contributed by atoms with Crippen LogP contribution in [-0.4, -0.2) is 23.1 Å². The minimum atomic E-state index is 0.386. The summed E-state index contributed by atoms with van der Waals surface area (Å²) in [6, 6.07) is 2.21. The lowest BCUT2D eigenvalue weighted by molar-refractivity contribution is 0.178. The molecule has 0 saturated heterocycles. The molecule has 19 heavy (non-hydrogen) atoms. The molecule has 2 rings (SSSR count). The summed E-state index contributed by atoms with van der Waals surface area (Å²) in [5.41, 5.74) is 5.80. The fourth-order valence-electron chi connectivity index (χ4n) is 2.77. The Balaban J connectivity index is 2.00.